The highest BCUT2D eigenvalue weighted by molar-refractivity contribution is 4.88. The molecule has 0 aromatic heterocycles. The molecule has 0 N–H and O–H groups in total. The zero-order valence-electron chi connectivity index (χ0n) is 7.50. The minimum atomic E-state index is -6.69. The third kappa shape index (κ3) is 3.41. The Morgan fingerprint density at radius 1 is 0.824 bits per heavy atom. The zero-order chi connectivity index (χ0) is 14.1. The van der Waals surface area contributed by atoms with Crippen molar-refractivity contribution in [2.45, 2.75) is 24.5 Å². The lowest BCUT2D eigenvalue weighted by Crippen LogP contribution is -2.60. The van der Waals surface area contributed by atoms with Crippen molar-refractivity contribution in [3.8, 4) is 0 Å². The van der Waals surface area contributed by atoms with Gasteiger partial charge in [0.1, 0.15) is 0 Å². The van der Waals surface area contributed by atoms with Crippen molar-refractivity contribution >= 4 is 0 Å². The van der Waals surface area contributed by atoms with Gasteiger partial charge in [-0.15, -0.1) is 13.2 Å². The maximum Gasteiger partial charge on any atom is 0.525 e. The van der Waals surface area contributed by atoms with Crippen LogP contribution >= 0.6 is 0 Å². The van der Waals surface area contributed by atoms with Crippen molar-refractivity contribution in [3.63, 3.8) is 0 Å². The van der Waals surface area contributed by atoms with E-state index in [1.54, 1.807) is 4.74 Å². The van der Waals surface area contributed by atoms with Gasteiger partial charge >= 0.3 is 24.5 Å². The van der Waals surface area contributed by atoms with Gasteiger partial charge in [0, 0.05) is 0 Å². The topological polar surface area (TPSA) is 18.5 Å². The van der Waals surface area contributed by atoms with Crippen LogP contribution in [0.15, 0.2) is 12.8 Å². The van der Waals surface area contributed by atoms with Crippen LogP contribution in [0.5, 0.6) is 0 Å². The van der Waals surface area contributed by atoms with E-state index in [0.29, 0.717) is 0 Å². The van der Waals surface area contributed by atoms with Crippen molar-refractivity contribution in [2.75, 3.05) is 0 Å². The highest BCUT2D eigenvalue weighted by atomic mass is 19.4. The van der Waals surface area contributed by atoms with Gasteiger partial charge in [-0.2, -0.15) is 26.3 Å². The lowest BCUT2D eigenvalue weighted by atomic mass is 10.2. The number of alkyl halides is 9. The molecule has 1 atom stereocenters. The van der Waals surface area contributed by atoms with E-state index in [4.69, 9.17) is 0 Å². The molecule has 0 aliphatic carbocycles. The molecule has 0 aliphatic rings. The third-order valence-corrected chi connectivity index (χ3v) is 1.23. The molecule has 0 spiro atoms. The van der Waals surface area contributed by atoms with E-state index < -0.39 is 24.5 Å². The Hall–Kier alpha value is -1.13. The van der Waals surface area contributed by atoms with Gasteiger partial charge in [-0.05, 0) is 0 Å². The fourth-order valence-electron chi connectivity index (χ4n) is 0.622. The van der Waals surface area contributed by atoms with Gasteiger partial charge in [-0.3, -0.25) is 0 Å². The Kier molecular flexibility index (Phi) is 3.99. The molecule has 11 heteroatoms. The van der Waals surface area contributed by atoms with Crippen LogP contribution in [0.1, 0.15) is 0 Å². The summed E-state index contributed by atoms with van der Waals surface area (Å²) in [6.45, 7) is 2.36. The van der Waals surface area contributed by atoms with Crippen molar-refractivity contribution in [1.82, 2.24) is 0 Å². The minimum Gasteiger partial charge on any atom is -0.437 e. The smallest absolute Gasteiger partial charge is 0.437 e. The maximum atomic E-state index is 12.8. The number of ether oxygens (including phenoxy) is 2. The fourth-order valence-corrected chi connectivity index (χ4v) is 0.622. The summed E-state index contributed by atoms with van der Waals surface area (Å²) in [5, 5.41) is 0. The van der Waals surface area contributed by atoms with Crippen LogP contribution in [0, 0.1) is 0 Å². The van der Waals surface area contributed by atoms with Crippen LogP contribution in [0.25, 0.3) is 0 Å². The molecule has 0 aromatic carbocycles. The number of hydrogen-bond donors (Lipinski definition) is 0. The second-order valence-corrected chi connectivity index (χ2v) is 2.44. The van der Waals surface area contributed by atoms with Crippen LogP contribution in [0.3, 0.4) is 0 Å². The summed E-state index contributed by atoms with van der Waals surface area (Å²) in [5.41, 5.74) is 0. The van der Waals surface area contributed by atoms with E-state index in [-0.39, 0.29) is 6.26 Å². The van der Waals surface area contributed by atoms with Crippen molar-refractivity contribution in [2.24, 2.45) is 0 Å². The van der Waals surface area contributed by atoms with E-state index in [9.17, 15) is 39.5 Å². The summed E-state index contributed by atoms with van der Waals surface area (Å²) in [4.78, 5) is 0. The zero-order valence-corrected chi connectivity index (χ0v) is 7.50. The largest absolute Gasteiger partial charge is 0.525 e. The molecular weight excluding hydrogens is 275 g/mol. The van der Waals surface area contributed by atoms with Crippen LogP contribution in [0.4, 0.5) is 39.5 Å². The molecule has 0 heterocycles. The quantitative estimate of drug-likeness (QED) is 0.578. The lowest BCUT2D eigenvalue weighted by molar-refractivity contribution is -0.514. The van der Waals surface area contributed by atoms with Gasteiger partial charge < -0.3 is 4.74 Å². The molecule has 0 saturated heterocycles. The van der Waals surface area contributed by atoms with E-state index in [1.807, 2.05) is 0 Å². The first kappa shape index (κ1) is 15.9. The predicted molar refractivity (Wildman–Crippen MR) is 33.3 cm³/mol. The average Bonchev–Trinajstić information content (AvgIpc) is 1.97. The number of rotatable bonds is 4. The molecule has 0 amide bonds. The molecule has 1 unspecified atom stereocenters. The first-order valence-corrected chi connectivity index (χ1v) is 3.46. The molecule has 0 saturated carbocycles. The maximum absolute atomic E-state index is 12.8. The van der Waals surface area contributed by atoms with Gasteiger partial charge in [-0.1, -0.05) is 6.58 Å². The molecule has 0 aliphatic heterocycles. The van der Waals surface area contributed by atoms with Gasteiger partial charge in [0.25, 0.3) is 0 Å². The predicted octanol–water partition coefficient (Wildman–Crippen LogP) is 3.50. The van der Waals surface area contributed by atoms with Crippen LogP contribution in [0.2, 0.25) is 0 Å². The molecule has 0 fully saturated rings. The van der Waals surface area contributed by atoms with Gasteiger partial charge in [0.05, 0.1) is 6.26 Å². The summed E-state index contributed by atoms with van der Waals surface area (Å²) in [6.07, 6.45) is -19.3. The van der Waals surface area contributed by atoms with Gasteiger partial charge in [-0.25, -0.2) is 4.74 Å². The molecule has 0 aromatic rings. The Bertz CT molecular complexity index is 280. The second kappa shape index (κ2) is 4.27. The Labute approximate surface area is 87.6 Å². The van der Waals surface area contributed by atoms with E-state index in [2.05, 4.69) is 11.3 Å². The second-order valence-electron chi connectivity index (χ2n) is 2.44. The molecule has 0 rings (SSSR count). The third-order valence-electron chi connectivity index (χ3n) is 1.23. The standard InChI is InChI=1S/C6H3F9O2/c1-2-16-5(11,12)3(7,4(8,9)10)17-6(13,14)15/h2H,1H2. The van der Waals surface area contributed by atoms with E-state index >= 15 is 0 Å². The number of halogens is 9. The van der Waals surface area contributed by atoms with E-state index in [0.717, 1.165) is 0 Å². The van der Waals surface area contributed by atoms with Crippen molar-refractivity contribution in [3.05, 3.63) is 12.8 Å². The van der Waals surface area contributed by atoms with Crippen molar-refractivity contribution < 1.29 is 49.0 Å². The van der Waals surface area contributed by atoms with Gasteiger partial charge in [0.2, 0.25) is 0 Å². The summed E-state index contributed by atoms with van der Waals surface area (Å²) in [5.74, 6) is -6.38. The summed E-state index contributed by atoms with van der Waals surface area (Å²) in [6, 6.07) is 0. The highest BCUT2D eigenvalue weighted by Gasteiger charge is 2.78. The van der Waals surface area contributed by atoms with Crippen LogP contribution < -0.4 is 0 Å². The normalized spacial score (nSPS) is 17.5. The molecule has 0 radical (unpaired) electrons. The molecule has 2 nitrogen and oxygen atoms in total. The lowest BCUT2D eigenvalue weighted by Gasteiger charge is -2.33. The van der Waals surface area contributed by atoms with Gasteiger partial charge in [0.15, 0.2) is 0 Å². The first-order chi connectivity index (χ1) is 7.27. The van der Waals surface area contributed by atoms with Crippen LogP contribution in [-0.4, -0.2) is 24.5 Å². The van der Waals surface area contributed by atoms with Crippen LogP contribution in [-0.2, 0) is 9.47 Å². The fraction of sp³-hybridized carbons (Fsp3) is 0.667. The first-order valence-electron chi connectivity index (χ1n) is 3.46. The SMILES string of the molecule is C=COC(F)(F)C(F)(OC(F)(F)F)C(F)(F)F. The summed E-state index contributed by atoms with van der Waals surface area (Å²) < 4.78 is 112. The molecule has 102 valence electrons. The Morgan fingerprint density at radius 3 is 1.47 bits per heavy atom. The number of hydrogen-bond acceptors (Lipinski definition) is 2. The Balaban J connectivity index is 5.48. The minimum absolute atomic E-state index is 0.361. The molecule has 17 heavy (non-hydrogen) atoms. The van der Waals surface area contributed by atoms with E-state index in [1.165, 1.54) is 0 Å². The summed E-state index contributed by atoms with van der Waals surface area (Å²) in [7, 11) is 0. The monoisotopic (exact) mass is 278 g/mol. The Morgan fingerprint density at radius 2 is 1.24 bits per heavy atom. The average molecular weight is 278 g/mol. The molecular formula is C6H3F9O2. The molecule has 0 bridgehead atoms. The summed E-state index contributed by atoms with van der Waals surface area (Å²) >= 11 is 0. The van der Waals surface area contributed by atoms with Crippen molar-refractivity contribution in [1.29, 1.82) is 0 Å². The highest BCUT2D eigenvalue weighted by Crippen LogP contribution is 2.49.